The predicted molar refractivity (Wildman–Crippen MR) is 105 cm³/mol. The molecule has 25 heavy (non-hydrogen) atoms. The summed E-state index contributed by atoms with van der Waals surface area (Å²) in [6, 6.07) is 4.39. The zero-order valence-electron chi connectivity index (χ0n) is 15.7. The molecule has 0 atom stereocenters. The molecule has 134 valence electrons. The number of nitrogen functional groups attached to an aromatic ring is 1. The summed E-state index contributed by atoms with van der Waals surface area (Å²) in [6.07, 6.45) is 0.172. The normalized spacial score (nSPS) is 12.3. The molecule has 0 bridgehead atoms. The number of benzene rings is 1. The van der Waals surface area contributed by atoms with Gasteiger partial charge >= 0.3 is 0 Å². The number of rotatable bonds is 4. The smallest absolute Gasteiger partial charge is 0.246 e. The van der Waals surface area contributed by atoms with Gasteiger partial charge in [0.25, 0.3) is 0 Å². The number of nitrogens with one attached hydrogen (secondary N) is 1. The summed E-state index contributed by atoms with van der Waals surface area (Å²) < 4.78 is 0. The Bertz CT molecular complexity index is 792. The van der Waals surface area contributed by atoms with Gasteiger partial charge in [-0.1, -0.05) is 32.9 Å². The van der Waals surface area contributed by atoms with Gasteiger partial charge in [0.1, 0.15) is 0 Å². The molecule has 2 rings (SSSR count). The summed E-state index contributed by atoms with van der Waals surface area (Å²) >= 11 is 1.33. The van der Waals surface area contributed by atoms with Crippen molar-refractivity contribution < 1.29 is 4.79 Å². The lowest BCUT2D eigenvalue weighted by Gasteiger charge is -2.22. The van der Waals surface area contributed by atoms with Gasteiger partial charge in [-0.05, 0) is 42.9 Å². The Morgan fingerprint density at radius 3 is 2.36 bits per heavy atom. The minimum absolute atomic E-state index is 0.0999. The zero-order valence-corrected chi connectivity index (χ0v) is 16.5. The third-order valence-electron chi connectivity index (χ3n) is 4.02. The van der Waals surface area contributed by atoms with Gasteiger partial charge in [0.15, 0.2) is 5.13 Å². The summed E-state index contributed by atoms with van der Waals surface area (Å²) in [4.78, 5) is 16.1. The van der Waals surface area contributed by atoms with E-state index in [4.69, 9.17) is 5.73 Å². The van der Waals surface area contributed by atoms with E-state index in [1.807, 2.05) is 6.92 Å². The number of nitrogens with zero attached hydrogens (tertiary/aromatic N) is 2. The summed E-state index contributed by atoms with van der Waals surface area (Å²) in [5, 5.41) is 6.52. The number of aryl methyl sites for hydroxylation is 2. The van der Waals surface area contributed by atoms with E-state index in [-0.39, 0.29) is 17.7 Å². The number of nitrogens with two attached hydrogens (primary N) is 1. The third kappa shape index (κ3) is 4.89. The lowest BCUT2D eigenvalue weighted by Crippen LogP contribution is -2.22. The van der Waals surface area contributed by atoms with Gasteiger partial charge < -0.3 is 5.73 Å². The Balaban J connectivity index is 2.15. The van der Waals surface area contributed by atoms with Crippen LogP contribution in [0.3, 0.4) is 0 Å². The molecule has 0 aliphatic heterocycles. The first-order valence-corrected chi connectivity index (χ1v) is 9.11. The standard InChI is InChI=1S/C19H26N4OS/c1-11-7-14(19(4,5)6)8-12(2)17(11)13(3)22-23-16(24)9-15-10-25-18(20)21-15/h7-8,10H,9H2,1-6H3,(H2,20,21)(H,23,24)/b22-13+. The van der Waals surface area contributed by atoms with Crippen molar-refractivity contribution in [2.75, 3.05) is 5.73 Å². The first-order chi connectivity index (χ1) is 11.6. The van der Waals surface area contributed by atoms with E-state index in [1.165, 1.54) is 16.9 Å². The number of anilines is 1. The SMILES string of the molecule is C/C(=N\NC(=O)Cc1csc(N)n1)c1c(C)cc(C(C)(C)C)cc1C. The van der Waals surface area contributed by atoms with Crippen molar-refractivity contribution >= 4 is 28.1 Å². The van der Waals surface area contributed by atoms with Gasteiger partial charge in [-0.2, -0.15) is 5.10 Å². The summed E-state index contributed by atoms with van der Waals surface area (Å²) in [6.45, 7) is 12.7. The third-order valence-corrected chi connectivity index (χ3v) is 4.74. The Labute approximate surface area is 153 Å². The van der Waals surface area contributed by atoms with Crippen molar-refractivity contribution in [1.29, 1.82) is 0 Å². The van der Waals surface area contributed by atoms with Crippen LogP contribution in [0.2, 0.25) is 0 Å². The topological polar surface area (TPSA) is 80.4 Å². The number of carbonyl (C=O) groups excluding carboxylic acids is 1. The van der Waals surface area contributed by atoms with Crippen molar-refractivity contribution in [2.24, 2.45) is 5.10 Å². The van der Waals surface area contributed by atoms with Gasteiger partial charge in [0.2, 0.25) is 5.91 Å². The largest absolute Gasteiger partial charge is 0.375 e. The highest BCUT2D eigenvalue weighted by atomic mass is 32.1. The van der Waals surface area contributed by atoms with Crippen LogP contribution in [0.5, 0.6) is 0 Å². The molecule has 1 heterocycles. The molecule has 3 N–H and O–H groups in total. The lowest BCUT2D eigenvalue weighted by atomic mass is 9.83. The van der Waals surface area contributed by atoms with E-state index in [9.17, 15) is 4.79 Å². The van der Waals surface area contributed by atoms with Crippen LogP contribution in [-0.2, 0) is 16.6 Å². The Morgan fingerprint density at radius 1 is 1.28 bits per heavy atom. The van der Waals surface area contributed by atoms with E-state index < -0.39 is 0 Å². The molecule has 0 radical (unpaired) electrons. The lowest BCUT2D eigenvalue weighted by molar-refractivity contribution is -0.120. The average Bonchev–Trinajstić information content (AvgIpc) is 2.88. The average molecular weight is 359 g/mol. The van der Waals surface area contributed by atoms with E-state index in [0.29, 0.717) is 10.8 Å². The quantitative estimate of drug-likeness (QED) is 0.645. The maximum atomic E-state index is 12.0. The minimum atomic E-state index is -0.203. The van der Waals surface area contributed by atoms with Crippen LogP contribution in [-0.4, -0.2) is 16.6 Å². The molecule has 2 aromatic rings. The monoisotopic (exact) mass is 358 g/mol. The molecule has 0 unspecified atom stereocenters. The molecule has 0 spiro atoms. The maximum Gasteiger partial charge on any atom is 0.246 e. The summed E-state index contributed by atoms with van der Waals surface area (Å²) in [5.41, 5.74) is 14.4. The minimum Gasteiger partial charge on any atom is -0.375 e. The molecule has 0 fully saturated rings. The second kappa shape index (κ2) is 7.35. The Kier molecular flexibility index (Phi) is 5.62. The number of carbonyl (C=O) groups is 1. The fourth-order valence-corrected chi connectivity index (χ4v) is 3.34. The van der Waals surface area contributed by atoms with Gasteiger partial charge in [0.05, 0.1) is 17.8 Å². The van der Waals surface area contributed by atoms with Crippen LogP contribution in [0.15, 0.2) is 22.6 Å². The van der Waals surface area contributed by atoms with E-state index in [2.05, 4.69) is 62.3 Å². The molecule has 0 aliphatic rings. The number of aromatic nitrogens is 1. The second-order valence-electron chi connectivity index (χ2n) is 7.32. The van der Waals surface area contributed by atoms with Crippen molar-refractivity contribution in [1.82, 2.24) is 10.4 Å². The van der Waals surface area contributed by atoms with E-state index >= 15 is 0 Å². The fraction of sp³-hybridized carbons (Fsp3) is 0.421. The van der Waals surface area contributed by atoms with Crippen molar-refractivity contribution in [3.8, 4) is 0 Å². The van der Waals surface area contributed by atoms with Crippen LogP contribution in [0.25, 0.3) is 0 Å². The molecule has 0 saturated heterocycles. The highest BCUT2D eigenvalue weighted by Crippen LogP contribution is 2.27. The number of thiazole rings is 1. The first-order valence-electron chi connectivity index (χ1n) is 8.23. The van der Waals surface area contributed by atoms with E-state index in [0.717, 1.165) is 22.4 Å². The van der Waals surface area contributed by atoms with Crippen LogP contribution in [0.1, 0.15) is 55.6 Å². The van der Waals surface area contributed by atoms with Gasteiger partial charge in [0, 0.05) is 10.9 Å². The molecule has 6 heteroatoms. The number of amides is 1. The van der Waals surface area contributed by atoms with Crippen molar-refractivity contribution in [3.63, 3.8) is 0 Å². The van der Waals surface area contributed by atoms with Crippen LogP contribution >= 0.6 is 11.3 Å². The molecular formula is C19H26N4OS. The molecule has 0 aliphatic carbocycles. The number of hydrazone groups is 1. The van der Waals surface area contributed by atoms with Crippen molar-refractivity contribution in [3.05, 3.63) is 45.5 Å². The van der Waals surface area contributed by atoms with Gasteiger partial charge in [-0.25, -0.2) is 10.4 Å². The van der Waals surface area contributed by atoms with E-state index in [1.54, 1.807) is 5.38 Å². The molecule has 5 nitrogen and oxygen atoms in total. The van der Waals surface area contributed by atoms with Crippen LogP contribution < -0.4 is 11.2 Å². The molecule has 1 aromatic carbocycles. The summed E-state index contributed by atoms with van der Waals surface area (Å²) in [5.74, 6) is -0.203. The zero-order chi connectivity index (χ0) is 18.8. The van der Waals surface area contributed by atoms with Crippen LogP contribution in [0, 0.1) is 13.8 Å². The highest BCUT2D eigenvalue weighted by molar-refractivity contribution is 7.13. The number of hydrogen-bond acceptors (Lipinski definition) is 5. The Hall–Kier alpha value is -2.21. The fourth-order valence-electron chi connectivity index (χ4n) is 2.78. The van der Waals surface area contributed by atoms with Gasteiger partial charge in [-0.3, -0.25) is 4.79 Å². The number of hydrogen-bond donors (Lipinski definition) is 2. The molecular weight excluding hydrogens is 332 g/mol. The molecule has 1 aromatic heterocycles. The summed E-state index contributed by atoms with van der Waals surface area (Å²) in [7, 11) is 0. The van der Waals surface area contributed by atoms with Crippen LogP contribution in [0.4, 0.5) is 5.13 Å². The van der Waals surface area contributed by atoms with Gasteiger partial charge in [-0.15, -0.1) is 11.3 Å². The molecule has 0 saturated carbocycles. The first kappa shape index (κ1) is 19.1. The highest BCUT2D eigenvalue weighted by Gasteiger charge is 2.17. The molecule has 1 amide bonds. The predicted octanol–water partition coefficient (Wildman–Crippen LogP) is 3.72. The van der Waals surface area contributed by atoms with Crippen molar-refractivity contribution in [2.45, 2.75) is 53.4 Å². The second-order valence-corrected chi connectivity index (χ2v) is 8.21. The Morgan fingerprint density at radius 2 is 1.88 bits per heavy atom. The maximum absolute atomic E-state index is 12.0.